The summed E-state index contributed by atoms with van der Waals surface area (Å²) in [7, 11) is 0. The van der Waals surface area contributed by atoms with Crippen molar-refractivity contribution in [2.24, 2.45) is 10.7 Å². The molecule has 41 heavy (non-hydrogen) atoms. The van der Waals surface area contributed by atoms with Crippen molar-refractivity contribution >= 4 is 35.1 Å². The summed E-state index contributed by atoms with van der Waals surface area (Å²) < 4.78 is 10.6. The lowest BCUT2D eigenvalue weighted by molar-refractivity contribution is -0.384. The van der Waals surface area contributed by atoms with Gasteiger partial charge in [-0.3, -0.25) is 30.1 Å². The van der Waals surface area contributed by atoms with Crippen molar-refractivity contribution < 1.29 is 28.8 Å². The number of hydrogen-bond donors (Lipinski definition) is 3. The molecule has 0 aromatic heterocycles. The van der Waals surface area contributed by atoms with Crippen LogP contribution in [0.25, 0.3) is 0 Å². The predicted molar refractivity (Wildman–Crippen MR) is 148 cm³/mol. The van der Waals surface area contributed by atoms with Crippen molar-refractivity contribution in [3.8, 4) is 0 Å². The van der Waals surface area contributed by atoms with E-state index in [1.165, 1.54) is 23.2 Å². The first-order valence-corrected chi connectivity index (χ1v) is 12.6. The zero-order valence-electron chi connectivity index (χ0n) is 21.9. The van der Waals surface area contributed by atoms with Crippen molar-refractivity contribution in [2.45, 2.75) is 25.7 Å². The number of rotatable bonds is 10. The summed E-state index contributed by atoms with van der Waals surface area (Å²) in [6.45, 7) is 0.670. The van der Waals surface area contributed by atoms with Crippen LogP contribution in [0.3, 0.4) is 0 Å². The fraction of sp³-hybridized carbons (Fsp3) is 0.214. The Labute approximate surface area is 235 Å². The molecular weight excluding hydrogens is 532 g/mol. The molecule has 1 aliphatic heterocycles. The lowest BCUT2D eigenvalue weighted by atomic mass is 10.1. The summed E-state index contributed by atoms with van der Waals surface area (Å²) >= 11 is 0. The first kappa shape index (κ1) is 28.7. The lowest BCUT2D eigenvalue weighted by Crippen LogP contribution is -2.51. The number of anilines is 1. The second kappa shape index (κ2) is 13.7. The minimum Gasteiger partial charge on any atom is -0.443 e. The van der Waals surface area contributed by atoms with Crippen LogP contribution in [0.15, 0.2) is 83.9 Å². The number of nitrogens with zero attached hydrogens (tertiary/aromatic N) is 3. The molecule has 13 nitrogen and oxygen atoms in total. The SMILES string of the molecule is N/C(=N\C(=O)OCc1ccccc1)c1ccc(CNC(=O)CC2OCCN(Nc3cccc([N+](=O)[O-])c3)C2=O)cc1. The largest absolute Gasteiger partial charge is 0.443 e. The van der Waals surface area contributed by atoms with Crippen LogP contribution >= 0.6 is 0 Å². The topological polar surface area (TPSA) is 178 Å². The second-order valence-electron chi connectivity index (χ2n) is 8.98. The van der Waals surface area contributed by atoms with E-state index < -0.39 is 28.9 Å². The molecule has 0 radical (unpaired) electrons. The van der Waals surface area contributed by atoms with E-state index in [-0.39, 0.29) is 44.2 Å². The molecule has 212 valence electrons. The normalized spacial score (nSPS) is 15.2. The second-order valence-corrected chi connectivity index (χ2v) is 8.98. The van der Waals surface area contributed by atoms with Crippen LogP contribution in [0.4, 0.5) is 16.2 Å². The van der Waals surface area contributed by atoms with Crippen LogP contribution in [0.2, 0.25) is 0 Å². The maximum absolute atomic E-state index is 12.8. The van der Waals surface area contributed by atoms with E-state index in [0.717, 1.165) is 11.1 Å². The van der Waals surface area contributed by atoms with Gasteiger partial charge in [0.15, 0.2) is 0 Å². The maximum atomic E-state index is 12.8. The smallest absolute Gasteiger partial charge is 0.435 e. The number of hydrogen-bond acceptors (Lipinski definition) is 8. The van der Waals surface area contributed by atoms with Gasteiger partial charge < -0.3 is 20.5 Å². The van der Waals surface area contributed by atoms with Crippen LogP contribution in [-0.4, -0.2) is 52.9 Å². The number of carbonyl (C=O) groups excluding carboxylic acids is 3. The van der Waals surface area contributed by atoms with E-state index in [9.17, 15) is 24.5 Å². The molecule has 0 aliphatic carbocycles. The van der Waals surface area contributed by atoms with Crippen LogP contribution in [0.1, 0.15) is 23.1 Å². The Morgan fingerprint density at radius 3 is 2.56 bits per heavy atom. The van der Waals surface area contributed by atoms with Crippen molar-refractivity contribution in [1.82, 2.24) is 10.3 Å². The monoisotopic (exact) mass is 560 g/mol. The van der Waals surface area contributed by atoms with Gasteiger partial charge in [0.1, 0.15) is 18.5 Å². The van der Waals surface area contributed by atoms with Gasteiger partial charge in [0.05, 0.1) is 30.2 Å². The average molecular weight is 561 g/mol. The summed E-state index contributed by atoms with van der Waals surface area (Å²) in [5, 5.41) is 15.0. The van der Waals surface area contributed by atoms with Crippen molar-refractivity contribution in [1.29, 1.82) is 0 Å². The summed E-state index contributed by atoms with van der Waals surface area (Å²) in [4.78, 5) is 51.6. The van der Waals surface area contributed by atoms with Gasteiger partial charge in [-0.25, -0.2) is 4.79 Å². The standard InChI is InChI=1S/C28H28N6O7/c29-26(31-28(37)41-18-20-5-2-1-3-6-20)21-11-9-19(10-12-21)17-30-25(35)16-24-27(36)33(13-14-40-24)32-22-7-4-8-23(15-22)34(38)39/h1-12,15,24,32H,13-14,16-18H2,(H,30,35)(H2,29,31,37). The number of non-ortho nitro benzene ring substituents is 1. The first-order chi connectivity index (χ1) is 19.8. The van der Waals surface area contributed by atoms with Gasteiger partial charge in [-0.05, 0) is 17.2 Å². The molecule has 4 N–H and O–H groups in total. The highest BCUT2D eigenvalue weighted by atomic mass is 16.6. The number of benzene rings is 3. The molecule has 1 atom stereocenters. The number of morpholine rings is 1. The number of carbonyl (C=O) groups is 3. The third-order valence-corrected chi connectivity index (χ3v) is 6.02. The molecule has 0 spiro atoms. The van der Waals surface area contributed by atoms with Gasteiger partial charge in [0, 0.05) is 24.2 Å². The van der Waals surface area contributed by atoms with Gasteiger partial charge in [-0.15, -0.1) is 0 Å². The Hall–Kier alpha value is -5.30. The molecule has 0 bridgehead atoms. The predicted octanol–water partition coefficient (Wildman–Crippen LogP) is 2.90. The zero-order valence-corrected chi connectivity index (χ0v) is 21.9. The third kappa shape index (κ3) is 8.34. The fourth-order valence-electron chi connectivity index (χ4n) is 3.89. The number of amides is 3. The number of nitrogens with two attached hydrogens (primary N) is 1. The van der Waals surface area contributed by atoms with E-state index in [1.54, 1.807) is 30.3 Å². The minimum absolute atomic E-state index is 0.00474. The first-order valence-electron chi connectivity index (χ1n) is 12.6. The number of nitro groups is 1. The van der Waals surface area contributed by atoms with Crippen LogP contribution in [0, 0.1) is 10.1 Å². The Morgan fingerprint density at radius 2 is 1.83 bits per heavy atom. The van der Waals surface area contributed by atoms with E-state index in [2.05, 4.69) is 15.7 Å². The van der Waals surface area contributed by atoms with Gasteiger partial charge in [-0.2, -0.15) is 4.99 Å². The molecule has 1 saturated heterocycles. The van der Waals surface area contributed by atoms with Gasteiger partial charge >= 0.3 is 6.09 Å². The highest BCUT2D eigenvalue weighted by Crippen LogP contribution is 2.19. The summed E-state index contributed by atoms with van der Waals surface area (Å²) in [6.07, 6.45) is -2.01. The average Bonchev–Trinajstić information content (AvgIpc) is 2.98. The Kier molecular flexibility index (Phi) is 9.57. The molecule has 1 fully saturated rings. The van der Waals surface area contributed by atoms with Gasteiger partial charge in [-0.1, -0.05) is 60.7 Å². The summed E-state index contributed by atoms with van der Waals surface area (Å²) in [6, 6.07) is 21.7. The van der Waals surface area contributed by atoms with E-state index in [0.29, 0.717) is 11.3 Å². The lowest BCUT2D eigenvalue weighted by Gasteiger charge is -2.32. The number of nitrogens with one attached hydrogen (secondary N) is 2. The number of ether oxygens (including phenoxy) is 2. The molecule has 1 unspecified atom stereocenters. The zero-order chi connectivity index (χ0) is 29.2. The fourth-order valence-corrected chi connectivity index (χ4v) is 3.89. The summed E-state index contributed by atoms with van der Waals surface area (Å²) in [5.74, 6) is -0.860. The number of nitro benzene ring substituents is 1. The molecule has 3 amide bonds. The van der Waals surface area contributed by atoms with Crippen LogP contribution in [-0.2, 0) is 32.2 Å². The Morgan fingerprint density at radius 1 is 1.07 bits per heavy atom. The molecule has 1 aliphatic rings. The number of amidine groups is 1. The minimum atomic E-state index is -1.00. The Bertz CT molecular complexity index is 1430. The van der Waals surface area contributed by atoms with E-state index in [1.807, 2.05) is 30.3 Å². The molecule has 3 aromatic carbocycles. The molecular formula is C28H28N6O7. The molecule has 3 aromatic rings. The number of aliphatic imine (C=N–C) groups is 1. The van der Waals surface area contributed by atoms with Gasteiger partial charge in [0.2, 0.25) is 5.91 Å². The van der Waals surface area contributed by atoms with Crippen molar-refractivity contribution in [2.75, 3.05) is 18.6 Å². The number of hydrazine groups is 1. The van der Waals surface area contributed by atoms with E-state index >= 15 is 0 Å². The molecule has 4 rings (SSSR count). The highest BCUT2D eigenvalue weighted by Gasteiger charge is 2.31. The van der Waals surface area contributed by atoms with Crippen molar-refractivity contribution in [3.05, 3.63) is 106 Å². The highest BCUT2D eigenvalue weighted by molar-refractivity contribution is 6.02. The van der Waals surface area contributed by atoms with E-state index in [4.69, 9.17) is 15.2 Å². The quantitative estimate of drug-likeness (QED) is 0.145. The van der Waals surface area contributed by atoms with Crippen LogP contribution < -0.4 is 16.5 Å². The molecule has 1 heterocycles. The maximum Gasteiger partial charge on any atom is 0.435 e. The summed E-state index contributed by atoms with van der Waals surface area (Å²) in [5.41, 5.74) is 11.1. The van der Waals surface area contributed by atoms with Gasteiger partial charge in [0.25, 0.3) is 11.6 Å². The molecule has 0 saturated carbocycles. The molecule has 13 heteroatoms. The Balaban J connectivity index is 1.24. The van der Waals surface area contributed by atoms with Crippen molar-refractivity contribution in [3.63, 3.8) is 0 Å². The van der Waals surface area contributed by atoms with Crippen LogP contribution in [0.5, 0.6) is 0 Å². The third-order valence-electron chi connectivity index (χ3n) is 6.02.